The van der Waals surface area contributed by atoms with Crippen LogP contribution in [-0.4, -0.2) is 19.9 Å². The van der Waals surface area contributed by atoms with Gasteiger partial charge in [-0.15, -0.1) is 0 Å². The molecule has 1 aromatic carbocycles. The van der Waals surface area contributed by atoms with Crippen LogP contribution in [0.5, 0.6) is 5.75 Å². The third-order valence-electron chi connectivity index (χ3n) is 2.84. The Morgan fingerprint density at radius 2 is 2.11 bits per heavy atom. The molecule has 0 amide bonds. The van der Waals surface area contributed by atoms with Crippen LogP contribution in [0.2, 0.25) is 0 Å². The maximum atomic E-state index is 9.54. The van der Waals surface area contributed by atoms with Gasteiger partial charge in [-0.05, 0) is 38.5 Å². The Morgan fingerprint density at radius 1 is 1.32 bits per heavy atom. The van der Waals surface area contributed by atoms with Crippen LogP contribution in [0, 0.1) is 0 Å². The zero-order chi connectivity index (χ0) is 13.8. The molecule has 1 atom stereocenters. The van der Waals surface area contributed by atoms with Gasteiger partial charge in [0.1, 0.15) is 18.7 Å². The molecule has 0 aliphatic rings. The summed E-state index contributed by atoms with van der Waals surface area (Å²) in [4.78, 5) is 4.19. The van der Waals surface area contributed by atoms with Gasteiger partial charge in [-0.1, -0.05) is 12.1 Å². The average molecular weight is 261 g/mol. The Morgan fingerprint density at radius 3 is 2.79 bits per heavy atom. The first-order chi connectivity index (χ1) is 9.08. The predicted molar refractivity (Wildman–Crippen MR) is 71.8 cm³/mol. The number of aromatic nitrogens is 3. The second-order valence-corrected chi connectivity index (χ2v) is 4.75. The quantitative estimate of drug-likeness (QED) is 0.898. The highest BCUT2D eigenvalue weighted by molar-refractivity contribution is 5.29. The molecule has 19 heavy (non-hydrogen) atoms. The van der Waals surface area contributed by atoms with Gasteiger partial charge in [0.05, 0.1) is 6.10 Å². The second kappa shape index (κ2) is 5.84. The molecule has 1 N–H and O–H groups in total. The molecule has 0 radical (unpaired) electrons. The molecule has 0 aliphatic carbocycles. The molecular weight excluding hydrogens is 242 g/mol. The van der Waals surface area contributed by atoms with Gasteiger partial charge >= 0.3 is 0 Å². The molecule has 102 valence electrons. The Balaban J connectivity index is 2.06. The van der Waals surface area contributed by atoms with E-state index in [4.69, 9.17) is 4.74 Å². The molecule has 0 spiro atoms. The lowest BCUT2D eigenvalue weighted by molar-refractivity contribution is 0.198. The molecule has 5 heteroatoms. The molecule has 0 fully saturated rings. The van der Waals surface area contributed by atoms with Gasteiger partial charge < -0.3 is 9.84 Å². The number of nitrogens with zero attached hydrogens (tertiary/aromatic N) is 3. The van der Waals surface area contributed by atoms with Crippen LogP contribution in [0.3, 0.4) is 0 Å². The van der Waals surface area contributed by atoms with E-state index in [1.807, 2.05) is 42.8 Å². The fourth-order valence-corrected chi connectivity index (χ4v) is 1.82. The Kier molecular flexibility index (Phi) is 4.16. The highest BCUT2D eigenvalue weighted by Crippen LogP contribution is 2.19. The normalized spacial score (nSPS) is 12.7. The molecular formula is C14H19N3O2. The van der Waals surface area contributed by atoms with Crippen LogP contribution in [0.25, 0.3) is 0 Å². The van der Waals surface area contributed by atoms with Gasteiger partial charge in [-0.2, -0.15) is 5.10 Å². The summed E-state index contributed by atoms with van der Waals surface area (Å²) in [5.41, 5.74) is 0.836. The molecule has 0 bridgehead atoms. The van der Waals surface area contributed by atoms with Crippen LogP contribution in [0.15, 0.2) is 30.6 Å². The highest BCUT2D eigenvalue weighted by atomic mass is 16.5. The number of hydrogen-bond acceptors (Lipinski definition) is 4. The standard InChI is InChI=1S/C14H19N3O2/c1-10(2)17-14(15-9-16-17)8-19-13-6-4-5-12(7-13)11(3)18/h4-7,9-11,18H,8H2,1-3H3. The third-order valence-corrected chi connectivity index (χ3v) is 2.84. The summed E-state index contributed by atoms with van der Waals surface area (Å²) in [6, 6.07) is 7.69. The highest BCUT2D eigenvalue weighted by Gasteiger charge is 2.08. The van der Waals surface area contributed by atoms with Crippen molar-refractivity contribution in [2.75, 3.05) is 0 Å². The maximum Gasteiger partial charge on any atom is 0.165 e. The van der Waals surface area contributed by atoms with Crippen molar-refractivity contribution >= 4 is 0 Å². The van der Waals surface area contributed by atoms with E-state index in [9.17, 15) is 5.11 Å². The van der Waals surface area contributed by atoms with Crippen molar-refractivity contribution in [3.8, 4) is 5.75 Å². The van der Waals surface area contributed by atoms with E-state index in [2.05, 4.69) is 10.1 Å². The summed E-state index contributed by atoms with van der Waals surface area (Å²) in [6.07, 6.45) is 1.04. The van der Waals surface area contributed by atoms with E-state index in [0.29, 0.717) is 6.61 Å². The average Bonchev–Trinajstić information content (AvgIpc) is 2.85. The molecule has 0 saturated carbocycles. The van der Waals surface area contributed by atoms with Gasteiger partial charge in [-0.3, -0.25) is 0 Å². The van der Waals surface area contributed by atoms with Crippen molar-refractivity contribution in [1.29, 1.82) is 0 Å². The summed E-state index contributed by atoms with van der Waals surface area (Å²) in [5.74, 6) is 1.51. The van der Waals surface area contributed by atoms with Crippen molar-refractivity contribution in [3.63, 3.8) is 0 Å². The number of hydrogen-bond donors (Lipinski definition) is 1. The fraction of sp³-hybridized carbons (Fsp3) is 0.429. The number of rotatable bonds is 5. The number of ether oxygens (including phenoxy) is 1. The molecule has 2 aromatic rings. The van der Waals surface area contributed by atoms with Crippen LogP contribution in [0.1, 0.15) is 44.3 Å². The fourth-order valence-electron chi connectivity index (χ4n) is 1.82. The molecule has 0 aliphatic heterocycles. The summed E-state index contributed by atoms with van der Waals surface area (Å²) in [7, 11) is 0. The van der Waals surface area contributed by atoms with E-state index in [1.54, 1.807) is 6.92 Å². The van der Waals surface area contributed by atoms with Crippen LogP contribution >= 0.6 is 0 Å². The summed E-state index contributed by atoms with van der Waals surface area (Å²) < 4.78 is 7.53. The first kappa shape index (κ1) is 13.5. The molecule has 2 rings (SSSR count). The second-order valence-electron chi connectivity index (χ2n) is 4.75. The van der Waals surface area contributed by atoms with Crippen LogP contribution in [-0.2, 0) is 6.61 Å². The monoisotopic (exact) mass is 261 g/mol. The molecule has 5 nitrogen and oxygen atoms in total. The lowest BCUT2D eigenvalue weighted by Gasteiger charge is -2.11. The molecule has 1 heterocycles. The molecule has 1 unspecified atom stereocenters. The predicted octanol–water partition coefficient (Wildman–Crippen LogP) is 2.49. The smallest absolute Gasteiger partial charge is 0.165 e. The van der Waals surface area contributed by atoms with E-state index in [1.165, 1.54) is 6.33 Å². The van der Waals surface area contributed by atoms with Crippen LogP contribution in [0.4, 0.5) is 0 Å². The zero-order valence-electron chi connectivity index (χ0n) is 11.4. The zero-order valence-corrected chi connectivity index (χ0v) is 11.4. The lowest BCUT2D eigenvalue weighted by atomic mass is 10.1. The molecule has 1 aromatic heterocycles. The Hall–Kier alpha value is -1.88. The topological polar surface area (TPSA) is 60.2 Å². The van der Waals surface area contributed by atoms with E-state index >= 15 is 0 Å². The summed E-state index contributed by atoms with van der Waals surface area (Å²) in [5, 5.41) is 13.7. The summed E-state index contributed by atoms with van der Waals surface area (Å²) >= 11 is 0. The molecule has 0 saturated heterocycles. The van der Waals surface area contributed by atoms with Gasteiger partial charge in [-0.25, -0.2) is 9.67 Å². The first-order valence-electron chi connectivity index (χ1n) is 6.37. The maximum absolute atomic E-state index is 9.54. The number of aliphatic hydroxyl groups excluding tert-OH is 1. The number of benzene rings is 1. The van der Waals surface area contributed by atoms with Gasteiger partial charge in [0, 0.05) is 6.04 Å². The van der Waals surface area contributed by atoms with Crippen molar-refractivity contribution in [3.05, 3.63) is 42.0 Å². The van der Waals surface area contributed by atoms with E-state index < -0.39 is 6.10 Å². The van der Waals surface area contributed by atoms with Gasteiger partial charge in [0.25, 0.3) is 0 Å². The third kappa shape index (κ3) is 3.32. The van der Waals surface area contributed by atoms with Gasteiger partial charge in [0.2, 0.25) is 0 Å². The van der Waals surface area contributed by atoms with Gasteiger partial charge in [0.15, 0.2) is 5.82 Å². The minimum atomic E-state index is -0.497. The lowest BCUT2D eigenvalue weighted by Crippen LogP contribution is -2.10. The minimum Gasteiger partial charge on any atom is -0.486 e. The SMILES string of the molecule is CC(O)c1cccc(OCc2ncnn2C(C)C)c1. The van der Waals surface area contributed by atoms with Crippen molar-refractivity contribution in [1.82, 2.24) is 14.8 Å². The van der Waals surface area contributed by atoms with E-state index in [0.717, 1.165) is 17.1 Å². The Bertz CT molecular complexity index is 535. The first-order valence-corrected chi connectivity index (χ1v) is 6.37. The minimum absolute atomic E-state index is 0.255. The van der Waals surface area contributed by atoms with Crippen molar-refractivity contribution in [2.45, 2.75) is 39.5 Å². The summed E-state index contributed by atoms with van der Waals surface area (Å²) in [6.45, 7) is 6.19. The van der Waals surface area contributed by atoms with Crippen molar-refractivity contribution in [2.24, 2.45) is 0 Å². The van der Waals surface area contributed by atoms with Crippen LogP contribution < -0.4 is 4.74 Å². The Labute approximate surface area is 112 Å². The number of aliphatic hydroxyl groups is 1. The largest absolute Gasteiger partial charge is 0.486 e. The van der Waals surface area contributed by atoms with E-state index in [-0.39, 0.29) is 6.04 Å². The van der Waals surface area contributed by atoms with Crippen molar-refractivity contribution < 1.29 is 9.84 Å².